The van der Waals surface area contributed by atoms with Crippen LogP contribution in [0.1, 0.15) is 63.3 Å². The van der Waals surface area contributed by atoms with E-state index >= 15 is 0 Å². The maximum atomic E-state index is 4.85. The normalized spacial score (nSPS) is 20.8. The zero-order valence-electron chi connectivity index (χ0n) is 19.1. The van der Waals surface area contributed by atoms with Crippen molar-refractivity contribution in [2.45, 2.75) is 46.0 Å². The molecule has 1 unspecified atom stereocenters. The van der Waals surface area contributed by atoms with Gasteiger partial charge >= 0.3 is 0 Å². The predicted molar refractivity (Wildman–Crippen MR) is 133 cm³/mol. The highest BCUT2D eigenvalue weighted by molar-refractivity contribution is 5.83. The lowest BCUT2D eigenvalue weighted by molar-refractivity contribution is 0.284. The summed E-state index contributed by atoms with van der Waals surface area (Å²) in [5.41, 5.74) is 10.6. The van der Waals surface area contributed by atoms with E-state index in [1.54, 1.807) is 0 Å². The van der Waals surface area contributed by atoms with E-state index in [1.807, 2.05) is 6.20 Å². The number of fused-ring (bicyclic) bond motifs is 1. The van der Waals surface area contributed by atoms with E-state index in [0.29, 0.717) is 0 Å². The molecule has 1 saturated heterocycles. The van der Waals surface area contributed by atoms with Crippen LogP contribution >= 0.6 is 0 Å². The van der Waals surface area contributed by atoms with Gasteiger partial charge in [-0.3, -0.25) is 4.98 Å². The van der Waals surface area contributed by atoms with E-state index in [0.717, 1.165) is 44.0 Å². The molecule has 3 heteroatoms. The number of benzene rings is 1. The fourth-order valence-electron chi connectivity index (χ4n) is 5.22. The van der Waals surface area contributed by atoms with Crippen molar-refractivity contribution in [2.75, 3.05) is 26.2 Å². The van der Waals surface area contributed by atoms with Gasteiger partial charge in [-0.25, -0.2) is 0 Å². The van der Waals surface area contributed by atoms with Gasteiger partial charge in [-0.1, -0.05) is 49.4 Å². The number of nitrogens with one attached hydrogen (secondary N) is 1. The van der Waals surface area contributed by atoms with E-state index < -0.39 is 0 Å². The van der Waals surface area contributed by atoms with Crippen LogP contribution in [0.4, 0.5) is 0 Å². The minimum absolute atomic E-state index is 0. The van der Waals surface area contributed by atoms with Crippen LogP contribution in [0.5, 0.6) is 0 Å². The second-order valence-corrected chi connectivity index (χ2v) is 8.84. The Morgan fingerprint density at radius 2 is 1.97 bits per heavy atom. The van der Waals surface area contributed by atoms with Crippen molar-refractivity contribution in [1.82, 2.24) is 15.2 Å². The van der Waals surface area contributed by atoms with Gasteiger partial charge in [0.2, 0.25) is 0 Å². The Hall–Kier alpha value is -2.61. The summed E-state index contributed by atoms with van der Waals surface area (Å²) in [7, 11) is 0. The highest BCUT2D eigenvalue weighted by Crippen LogP contribution is 2.45. The molecular formula is C28H37N3. The lowest BCUT2D eigenvalue weighted by atomic mass is 9.67. The Balaban J connectivity index is 0.00000289. The maximum Gasteiger partial charge on any atom is 0.105 e. The monoisotopic (exact) mass is 415 g/mol. The van der Waals surface area contributed by atoms with Crippen molar-refractivity contribution >= 4 is 11.3 Å². The molecule has 0 radical (unpaired) electrons. The second-order valence-electron chi connectivity index (χ2n) is 8.84. The van der Waals surface area contributed by atoms with Crippen LogP contribution in [0.2, 0.25) is 0 Å². The summed E-state index contributed by atoms with van der Waals surface area (Å²) in [6, 6.07) is 13.3. The largest absolute Gasteiger partial charge is 0.364 e. The Labute approximate surface area is 189 Å². The average Bonchev–Trinajstić information content (AvgIpc) is 2.80. The van der Waals surface area contributed by atoms with Gasteiger partial charge in [0, 0.05) is 26.3 Å². The summed E-state index contributed by atoms with van der Waals surface area (Å²) >= 11 is 0. The van der Waals surface area contributed by atoms with Crippen molar-refractivity contribution in [3.05, 3.63) is 83.4 Å². The van der Waals surface area contributed by atoms with Gasteiger partial charge in [0.1, 0.15) is 5.70 Å². The third-order valence-electron chi connectivity index (χ3n) is 6.94. The van der Waals surface area contributed by atoms with Crippen molar-refractivity contribution in [1.29, 1.82) is 0 Å². The first kappa shape index (κ1) is 21.6. The highest BCUT2D eigenvalue weighted by Gasteiger charge is 2.33. The minimum Gasteiger partial charge on any atom is -0.364 e. The molecule has 1 fully saturated rings. The van der Waals surface area contributed by atoms with Gasteiger partial charge in [0.15, 0.2) is 0 Å². The second kappa shape index (κ2) is 9.68. The molecule has 1 N–H and O–H groups in total. The van der Waals surface area contributed by atoms with E-state index in [-0.39, 0.29) is 6.84 Å². The molecule has 0 saturated carbocycles. The summed E-state index contributed by atoms with van der Waals surface area (Å²) < 4.78 is 0. The molecule has 2 aliphatic rings. The van der Waals surface area contributed by atoms with E-state index in [1.165, 1.54) is 47.9 Å². The number of pyridine rings is 1. The quantitative estimate of drug-likeness (QED) is 0.613. The van der Waals surface area contributed by atoms with E-state index in [2.05, 4.69) is 78.8 Å². The summed E-state index contributed by atoms with van der Waals surface area (Å²) in [6.07, 6.45) is 10.8. The van der Waals surface area contributed by atoms with Crippen LogP contribution in [-0.2, 0) is 6.42 Å². The molecule has 1 aromatic heterocycles. The number of hydrogen-bond donors (Lipinski definition) is 1. The Bertz CT molecular complexity index is 974. The Morgan fingerprint density at radius 3 is 2.71 bits per heavy atom. The molecule has 1 aliphatic carbocycles. The Kier molecular flexibility index (Phi) is 6.75. The SMILES string of the molecule is C=C=C(c1ccc(C2=CC3(CCCCNCC3)Cc3ccccc32)cn1)N(CC)CC.[HH]. The first-order valence-corrected chi connectivity index (χ1v) is 11.8. The third-order valence-corrected chi connectivity index (χ3v) is 6.94. The molecule has 2 heterocycles. The molecule has 0 amide bonds. The van der Waals surface area contributed by atoms with Crippen molar-refractivity contribution in [2.24, 2.45) is 5.41 Å². The predicted octanol–water partition coefficient (Wildman–Crippen LogP) is 5.93. The molecule has 1 aromatic carbocycles. The van der Waals surface area contributed by atoms with Crippen molar-refractivity contribution in [3.63, 3.8) is 0 Å². The first-order valence-electron chi connectivity index (χ1n) is 11.8. The Morgan fingerprint density at radius 1 is 1.13 bits per heavy atom. The minimum atomic E-state index is 0. The smallest absolute Gasteiger partial charge is 0.105 e. The van der Waals surface area contributed by atoms with Gasteiger partial charge in [0.05, 0.1) is 5.69 Å². The lowest BCUT2D eigenvalue weighted by Gasteiger charge is -2.38. The summed E-state index contributed by atoms with van der Waals surface area (Å²) in [4.78, 5) is 7.10. The number of aromatic nitrogens is 1. The molecule has 1 aliphatic heterocycles. The van der Waals surface area contributed by atoms with Gasteiger partial charge in [-0.15, -0.1) is 5.73 Å². The van der Waals surface area contributed by atoms with Gasteiger partial charge in [-0.2, -0.15) is 0 Å². The number of allylic oxidation sites excluding steroid dienone is 1. The lowest BCUT2D eigenvalue weighted by Crippen LogP contribution is -2.33. The molecule has 0 bridgehead atoms. The van der Waals surface area contributed by atoms with Gasteiger partial charge in [-0.05, 0) is 80.8 Å². The molecule has 31 heavy (non-hydrogen) atoms. The maximum absolute atomic E-state index is 4.85. The van der Waals surface area contributed by atoms with Crippen LogP contribution in [0, 0.1) is 5.41 Å². The molecule has 1 spiro atoms. The average molecular weight is 416 g/mol. The fourth-order valence-corrected chi connectivity index (χ4v) is 5.22. The molecule has 164 valence electrons. The van der Waals surface area contributed by atoms with Gasteiger partial charge in [0.25, 0.3) is 0 Å². The van der Waals surface area contributed by atoms with Crippen LogP contribution < -0.4 is 5.32 Å². The van der Waals surface area contributed by atoms with Crippen LogP contribution in [0.3, 0.4) is 0 Å². The van der Waals surface area contributed by atoms with Crippen molar-refractivity contribution in [3.8, 4) is 0 Å². The van der Waals surface area contributed by atoms with Crippen LogP contribution in [0.15, 0.2) is 61.0 Å². The summed E-state index contributed by atoms with van der Waals surface area (Å²) in [5, 5.41) is 3.62. The number of rotatable bonds is 5. The van der Waals surface area contributed by atoms with E-state index in [4.69, 9.17) is 4.98 Å². The van der Waals surface area contributed by atoms with Crippen LogP contribution in [-0.4, -0.2) is 36.1 Å². The van der Waals surface area contributed by atoms with Crippen LogP contribution in [0.25, 0.3) is 11.3 Å². The number of hydrogen-bond acceptors (Lipinski definition) is 3. The number of nitrogens with zero attached hydrogens (tertiary/aromatic N) is 2. The molecule has 2 aromatic rings. The zero-order chi connectivity index (χ0) is 21.7. The van der Waals surface area contributed by atoms with E-state index in [9.17, 15) is 0 Å². The van der Waals surface area contributed by atoms with Crippen molar-refractivity contribution < 1.29 is 1.43 Å². The fraction of sp³-hybridized carbons (Fsp3) is 0.429. The summed E-state index contributed by atoms with van der Waals surface area (Å²) in [6.45, 7) is 12.3. The molecule has 1 atom stereocenters. The highest BCUT2D eigenvalue weighted by atomic mass is 15.1. The molecular weight excluding hydrogens is 378 g/mol. The molecule has 3 nitrogen and oxygen atoms in total. The van der Waals surface area contributed by atoms with Gasteiger partial charge < -0.3 is 10.2 Å². The third kappa shape index (κ3) is 4.54. The standard InChI is InChI=1S/C28H35N3.H2/c1-4-27(31(5-2)6-3)26-14-13-23(21-30-26)25-20-28(15-9-10-17-29-18-16-28)19-22-11-7-8-12-24(22)25;/h7-8,11-14,20-21,29H,1,5-6,9-10,15-19H2,2-3H3;1H. The topological polar surface area (TPSA) is 28.2 Å². The first-order chi connectivity index (χ1) is 15.2. The zero-order valence-corrected chi connectivity index (χ0v) is 19.1. The molecule has 4 rings (SSSR count). The summed E-state index contributed by atoms with van der Waals surface area (Å²) in [5.74, 6) is 0.